The van der Waals surface area contributed by atoms with E-state index in [9.17, 15) is 13.2 Å². The Hall–Kier alpha value is -1.03. The molecule has 2 N–H and O–H groups in total. The van der Waals surface area contributed by atoms with Crippen molar-refractivity contribution in [2.45, 2.75) is 31.5 Å². The molecule has 1 aliphatic carbocycles. The summed E-state index contributed by atoms with van der Waals surface area (Å²) < 4.78 is 37.3. The van der Waals surface area contributed by atoms with Gasteiger partial charge in [-0.05, 0) is 43.0 Å². The van der Waals surface area contributed by atoms with Crippen molar-refractivity contribution >= 4 is 0 Å². The molecule has 1 aromatic carbocycles. The Morgan fingerprint density at radius 3 is 2.60 bits per heavy atom. The highest BCUT2D eigenvalue weighted by Crippen LogP contribution is 2.38. The van der Waals surface area contributed by atoms with E-state index in [4.69, 9.17) is 5.73 Å². The lowest BCUT2D eigenvalue weighted by Crippen LogP contribution is -2.29. The summed E-state index contributed by atoms with van der Waals surface area (Å²) in [5, 5.41) is 0. The molecule has 0 radical (unpaired) electrons. The van der Waals surface area contributed by atoms with Crippen LogP contribution in [0.1, 0.15) is 30.0 Å². The highest BCUT2D eigenvalue weighted by molar-refractivity contribution is 5.41. The third-order valence-corrected chi connectivity index (χ3v) is 2.96. The number of aryl methyl sites for hydroxylation is 1. The summed E-state index contributed by atoms with van der Waals surface area (Å²) in [5.74, 6) is 0. The summed E-state index contributed by atoms with van der Waals surface area (Å²) in [6, 6.07) is 3.83. The van der Waals surface area contributed by atoms with E-state index in [1.807, 2.05) is 6.92 Å². The van der Waals surface area contributed by atoms with Crippen LogP contribution in [0.5, 0.6) is 0 Å². The maximum atomic E-state index is 12.4. The van der Waals surface area contributed by atoms with Crippen molar-refractivity contribution in [1.82, 2.24) is 0 Å². The van der Waals surface area contributed by atoms with Crippen molar-refractivity contribution in [3.05, 3.63) is 34.9 Å². The summed E-state index contributed by atoms with van der Waals surface area (Å²) in [4.78, 5) is 0. The summed E-state index contributed by atoms with van der Waals surface area (Å²) in [7, 11) is 0. The molecule has 0 heterocycles. The van der Waals surface area contributed by atoms with Crippen molar-refractivity contribution in [1.29, 1.82) is 0 Å². The normalized spacial score (nSPS) is 25.4. The average Bonchev–Trinajstić information content (AvgIpc) is 2.41. The Morgan fingerprint density at radius 2 is 2.00 bits per heavy atom. The Balaban J connectivity index is 2.47. The van der Waals surface area contributed by atoms with Crippen LogP contribution in [0, 0.1) is 0 Å². The molecule has 1 atom stereocenters. The molecule has 0 fully saturated rings. The van der Waals surface area contributed by atoms with Gasteiger partial charge in [-0.15, -0.1) is 0 Å². The number of fused-ring (bicyclic) bond motifs is 1. The van der Waals surface area contributed by atoms with E-state index in [1.54, 1.807) is 0 Å². The number of nitrogens with two attached hydrogens (primary N) is 1. The number of halogens is 3. The predicted molar refractivity (Wildman–Crippen MR) is 51.3 cm³/mol. The molecule has 0 saturated carbocycles. The van der Waals surface area contributed by atoms with Crippen molar-refractivity contribution in [2.75, 3.05) is 0 Å². The van der Waals surface area contributed by atoms with E-state index >= 15 is 0 Å². The highest BCUT2D eigenvalue weighted by atomic mass is 19.4. The minimum Gasteiger partial charge on any atom is -0.322 e. The summed E-state index contributed by atoms with van der Waals surface area (Å²) in [6.45, 7) is 1.85. The molecule has 1 nitrogen and oxygen atoms in total. The van der Waals surface area contributed by atoms with Crippen LogP contribution < -0.4 is 5.73 Å². The molecular weight excluding hydrogens is 203 g/mol. The zero-order valence-corrected chi connectivity index (χ0v) is 8.36. The Bertz CT molecular complexity index is 393. The van der Waals surface area contributed by atoms with E-state index in [-0.39, 0.29) is 0 Å². The summed E-state index contributed by atoms with van der Waals surface area (Å²) >= 11 is 0. The zero-order chi connectivity index (χ0) is 11.3. The second kappa shape index (κ2) is 2.98. The SMILES string of the molecule is CC1(N)CCc2cc(C(F)(F)F)ccc21. The quantitative estimate of drug-likeness (QED) is 0.707. The standard InChI is InChI=1S/C11H12F3N/c1-10(15)5-4-7-6-8(11(12,13)14)2-3-9(7)10/h2-3,6H,4-5,15H2,1H3. The van der Waals surface area contributed by atoms with Crippen LogP contribution in [0.3, 0.4) is 0 Å². The summed E-state index contributed by atoms with van der Waals surface area (Å²) in [6.07, 6.45) is -2.92. The zero-order valence-electron chi connectivity index (χ0n) is 8.36. The van der Waals surface area contributed by atoms with Crippen LogP contribution in [0.25, 0.3) is 0 Å². The lowest BCUT2D eigenvalue weighted by atomic mass is 9.95. The average molecular weight is 215 g/mol. The topological polar surface area (TPSA) is 26.0 Å². The third kappa shape index (κ3) is 1.74. The third-order valence-electron chi connectivity index (χ3n) is 2.96. The Kier molecular flexibility index (Phi) is 2.08. The van der Waals surface area contributed by atoms with Gasteiger partial charge >= 0.3 is 6.18 Å². The van der Waals surface area contributed by atoms with E-state index in [1.165, 1.54) is 12.1 Å². The molecule has 15 heavy (non-hydrogen) atoms. The van der Waals surface area contributed by atoms with Crippen molar-refractivity contribution < 1.29 is 13.2 Å². The predicted octanol–water partition coefficient (Wildman–Crippen LogP) is 2.83. The van der Waals surface area contributed by atoms with Crippen LogP contribution >= 0.6 is 0 Å². The minimum absolute atomic E-state index is 0.473. The van der Waals surface area contributed by atoms with Gasteiger partial charge in [-0.3, -0.25) is 0 Å². The molecule has 1 aliphatic rings. The van der Waals surface area contributed by atoms with E-state index in [0.29, 0.717) is 12.8 Å². The van der Waals surface area contributed by atoms with Gasteiger partial charge < -0.3 is 5.73 Å². The first-order chi connectivity index (χ1) is 6.81. The lowest BCUT2D eigenvalue weighted by Gasteiger charge is -2.19. The number of benzene rings is 1. The maximum Gasteiger partial charge on any atom is 0.416 e. The first-order valence-corrected chi connectivity index (χ1v) is 4.80. The van der Waals surface area contributed by atoms with Crippen LogP contribution in [-0.4, -0.2) is 0 Å². The molecule has 0 aromatic heterocycles. The van der Waals surface area contributed by atoms with Crippen LogP contribution in [-0.2, 0) is 18.1 Å². The number of rotatable bonds is 0. The van der Waals surface area contributed by atoms with Gasteiger partial charge in [0.1, 0.15) is 0 Å². The molecule has 0 amide bonds. The second-order valence-corrected chi connectivity index (χ2v) is 4.29. The van der Waals surface area contributed by atoms with Crippen LogP contribution in [0.15, 0.2) is 18.2 Å². The number of hydrogen-bond acceptors (Lipinski definition) is 1. The molecular formula is C11H12F3N. The largest absolute Gasteiger partial charge is 0.416 e. The molecule has 4 heteroatoms. The fourth-order valence-corrected chi connectivity index (χ4v) is 2.06. The monoisotopic (exact) mass is 215 g/mol. The van der Waals surface area contributed by atoms with Gasteiger partial charge in [0.2, 0.25) is 0 Å². The molecule has 0 bridgehead atoms. The highest BCUT2D eigenvalue weighted by Gasteiger charge is 2.35. The van der Waals surface area contributed by atoms with Gasteiger partial charge in [0.15, 0.2) is 0 Å². The van der Waals surface area contributed by atoms with Gasteiger partial charge in [-0.2, -0.15) is 13.2 Å². The van der Waals surface area contributed by atoms with Gasteiger partial charge in [0.25, 0.3) is 0 Å². The fourth-order valence-electron chi connectivity index (χ4n) is 2.06. The van der Waals surface area contributed by atoms with Gasteiger partial charge in [0, 0.05) is 5.54 Å². The lowest BCUT2D eigenvalue weighted by molar-refractivity contribution is -0.137. The summed E-state index contributed by atoms with van der Waals surface area (Å²) in [5.41, 5.74) is 6.48. The molecule has 2 rings (SSSR count). The smallest absolute Gasteiger partial charge is 0.322 e. The van der Waals surface area contributed by atoms with Crippen molar-refractivity contribution in [3.63, 3.8) is 0 Å². The fraction of sp³-hybridized carbons (Fsp3) is 0.455. The van der Waals surface area contributed by atoms with Gasteiger partial charge in [-0.1, -0.05) is 6.07 Å². The van der Waals surface area contributed by atoms with E-state index in [0.717, 1.165) is 17.2 Å². The van der Waals surface area contributed by atoms with Crippen LogP contribution in [0.2, 0.25) is 0 Å². The van der Waals surface area contributed by atoms with Crippen molar-refractivity contribution in [3.8, 4) is 0 Å². The van der Waals surface area contributed by atoms with E-state index < -0.39 is 17.3 Å². The first kappa shape index (κ1) is 10.5. The molecule has 82 valence electrons. The molecule has 1 aromatic rings. The minimum atomic E-state index is -4.26. The van der Waals surface area contributed by atoms with Crippen LogP contribution in [0.4, 0.5) is 13.2 Å². The van der Waals surface area contributed by atoms with Gasteiger partial charge in [-0.25, -0.2) is 0 Å². The van der Waals surface area contributed by atoms with Crippen molar-refractivity contribution in [2.24, 2.45) is 5.73 Å². The number of alkyl halides is 3. The number of hydrogen-bond donors (Lipinski definition) is 1. The molecule has 0 spiro atoms. The van der Waals surface area contributed by atoms with Gasteiger partial charge in [0.05, 0.1) is 5.56 Å². The molecule has 0 aliphatic heterocycles. The van der Waals surface area contributed by atoms with E-state index in [2.05, 4.69) is 0 Å². The Morgan fingerprint density at radius 1 is 1.33 bits per heavy atom. The maximum absolute atomic E-state index is 12.4. The molecule has 1 unspecified atom stereocenters. The molecule has 0 saturated heterocycles. The first-order valence-electron chi connectivity index (χ1n) is 4.80. The second-order valence-electron chi connectivity index (χ2n) is 4.29. The Labute approximate surface area is 86.1 Å².